The van der Waals surface area contributed by atoms with Gasteiger partial charge in [0.05, 0.1) is 9.35 Å². The van der Waals surface area contributed by atoms with Gasteiger partial charge in [-0.15, -0.1) is 11.3 Å². The highest BCUT2D eigenvalue weighted by Gasteiger charge is 2.13. The van der Waals surface area contributed by atoms with Crippen molar-refractivity contribution < 1.29 is 9.53 Å². The first-order valence-corrected chi connectivity index (χ1v) is 7.69. The van der Waals surface area contributed by atoms with Crippen LogP contribution >= 0.6 is 43.2 Å². The number of carbonyl (C=O) groups is 1. The largest absolute Gasteiger partial charge is 0.484 e. The number of rotatable bonds is 4. The summed E-state index contributed by atoms with van der Waals surface area (Å²) in [5.74, 6) is 0.658. The topological polar surface area (TPSA) is 26.3 Å². The number of carbonyl (C=O) groups excluding carboxylic acids is 1. The average molecular weight is 390 g/mol. The number of Topliss-reactive ketones (excluding diaryl/α,β-unsaturated/α-hetero) is 1. The Hall–Kier alpha value is -0.650. The predicted octanol–water partition coefficient (Wildman–Crippen LogP) is 4.84. The minimum atomic E-state index is -0.0237. The zero-order chi connectivity index (χ0) is 13.1. The van der Waals surface area contributed by atoms with Crippen LogP contribution in [0.25, 0.3) is 0 Å². The van der Waals surface area contributed by atoms with Crippen molar-refractivity contribution in [2.24, 2.45) is 0 Å². The van der Waals surface area contributed by atoms with Crippen LogP contribution in [0.5, 0.6) is 5.75 Å². The minimum Gasteiger partial charge on any atom is -0.484 e. The number of thiophene rings is 1. The molecule has 1 aromatic heterocycles. The molecule has 0 amide bonds. The van der Waals surface area contributed by atoms with Crippen molar-refractivity contribution in [1.29, 1.82) is 0 Å². The lowest BCUT2D eigenvalue weighted by molar-refractivity contribution is 0.0924. The van der Waals surface area contributed by atoms with Crippen molar-refractivity contribution in [3.63, 3.8) is 0 Å². The van der Waals surface area contributed by atoms with E-state index in [1.807, 2.05) is 36.6 Å². The lowest BCUT2D eigenvalue weighted by Crippen LogP contribution is -2.10. The first-order valence-electron chi connectivity index (χ1n) is 5.23. The molecule has 0 atom stereocenters. The third-order valence-corrected chi connectivity index (χ3v) is 4.82. The standard InChI is InChI=1S/C13H10Br2O2S/c1-8-2-3-12(10(15)6-8)17-7-11(16)13-9(14)4-5-18-13/h2-6H,7H2,1H3. The number of ether oxygens (including phenoxy) is 1. The Morgan fingerprint density at radius 1 is 1.28 bits per heavy atom. The highest BCUT2D eigenvalue weighted by molar-refractivity contribution is 9.11. The van der Waals surface area contributed by atoms with Gasteiger partial charge in [0.2, 0.25) is 5.78 Å². The summed E-state index contributed by atoms with van der Waals surface area (Å²) in [6.45, 7) is 2.04. The Balaban J connectivity index is 2.04. The Bertz CT molecular complexity index is 578. The summed E-state index contributed by atoms with van der Waals surface area (Å²) in [6.07, 6.45) is 0. The Morgan fingerprint density at radius 3 is 2.67 bits per heavy atom. The van der Waals surface area contributed by atoms with Crippen LogP contribution in [-0.2, 0) is 0 Å². The van der Waals surface area contributed by atoms with Crippen molar-refractivity contribution >= 4 is 49.0 Å². The van der Waals surface area contributed by atoms with E-state index in [1.165, 1.54) is 11.3 Å². The molecule has 94 valence electrons. The van der Waals surface area contributed by atoms with Crippen molar-refractivity contribution in [2.75, 3.05) is 6.61 Å². The van der Waals surface area contributed by atoms with Gasteiger partial charge in [-0.25, -0.2) is 0 Å². The average Bonchev–Trinajstić information content (AvgIpc) is 2.74. The van der Waals surface area contributed by atoms with Gasteiger partial charge >= 0.3 is 0 Å². The number of aryl methyl sites for hydroxylation is 1. The normalized spacial score (nSPS) is 10.4. The molecule has 0 aliphatic heterocycles. The number of hydrogen-bond acceptors (Lipinski definition) is 3. The Labute approximate surface area is 126 Å². The van der Waals surface area contributed by atoms with Gasteiger partial charge < -0.3 is 4.74 Å². The molecule has 0 N–H and O–H groups in total. The first-order chi connectivity index (χ1) is 8.58. The molecule has 0 saturated carbocycles. The van der Waals surface area contributed by atoms with Crippen LogP contribution in [0.3, 0.4) is 0 Å². The maximum Gasteiger partial charge on any atom is 0.211 e. The van der Waals surface area contributed by atoms with E-state index in [-0.39, 0.29) is 12.4 Å². The second kappa shape index (κ2) is 5.99. The Morgan fingerprint density at radius 2 is 2.06 bits per heavy atom. The zero-order valence-electron chi connectivity index (χ0n) is 9.57. The molecular weight excluding hydrogens is 380 g/mol. The van der Waals surface area contributed by atoms with E-state index in [0.29, 0.717) is 10.6 Å². The summed E-state index contributed by atoms with van der Waals surface area (Å²) >= 11 is 8.17. The van der Waals surface area contributed by atoms with Crippen LogP contribution in [-0.4, -0.2) is 12.4 Å². The van der Waals surface area contributed by atoms with E-state index < -0.39 is 0 Å². The number of benzene rings is 1. The van der Waals surface area contributed by atoms with Gasteiger partial charge in [0.15, 0.2) is 6.61 Å². The highest BCUT2D eigenvalue weighted by atomic mass is 79.9. The zero-order valence-corrected chi connectivity index (χ0v) is 13.6. The molecule has 5 heteroatoms. The predicted molar refractivity (Wildman–Crippen MR) is 80.7 cm³/mol. The summed E-state index contributed by atoms with van der Waals surface area (Å²) in [7, 11) is 0. The van der Waals surface area contributed by atoms with Gasteiger partial charge in [-0.05, 0) is 67.9 Å². The molecule has 0 fully saturated rings. The molecule has 0 spiro atoms. The van der Waals surface area contributed by atoms with E-state index in [1.54, 1.807) is 0 Å². The van der Waals surface area contributed by atoms with E-state index in [0.717, 1.165) is 14.5 Å². The molecule has 0 aliphatic rings. The third-order valence-electron chi connectivity index (χ3n) is 2.32. The number of hydrogen-bond donors (Lipinski definition) is 0. The number of halogens is 2. The van der Waals surface area contributed by atoms with E-state index in [2.05, 4.69) is 31.9 Å². The van der Waals surface area contributed by atoms with Gasteiger partial charge in [0.1, 0.15) is 5.75 Å². The molecule has 2 rings (SSSR count). The van der Waals surface area contributed by atoms with Gasteiger partial charge in [-0.3, -0.25) is 4.79 Å². The van der Waals surface area contributed by atoms with Crippen molar-refractivity contribution in [1.82, 2.24) is 0 Å². The minimum absolute atomic E-state index is 0.0237. The molecule has 0 unspecified atom stereocenters. The smallest absolute Gasteiger partial charge is 0.211 e. The van der Waals surface area contributed by atoms with E-state index >= 15 is 0 Å². The molecule has 0 bridgehead atoms. The Kier molecular flexibility index (Phi) is 4.59. The summed E-state index contributed by atoms with van der Waals surface area (Å²) in [5, 5.41) is 1.87. The third kappa shape index (κ3) is 3.22. The van der Waals surface area contributed by atoms with Gasteiger partial charge in [-0.1, -0.05) is 6.07 Å². The van der Waals surface area contributed by atoms with Gasteiger partial charge in [-0.2, -0.15) is 0 Å². The fourth-order valence-electron chi connectivity index (χ4n) is 1.42. The van der Waals surface area contributed by atoms with Crippen LogP contribution in [0.15, 0.2) is 38.6 Å². The quantitative estimate of drug-likeness (QED) is 0.699. The molecule has 1 aromatic carbocycles. The summed E-state index contributed by atoms with van der Waals surface area (Å²) in [5.41, 5.74) is 1.14. The van der Waals surface area contributed by atoms with Gasteiger partial charge in [0.25, 0.3) is 0 Å². The van der Waals surface area contributed by atoms with Crippen molar-refractivity contribution in [2.45, 2.75) is 6.92 Å². The van der Waals surface area contributed by atoms with Crippen LogP contribution < -0.4 is 4.74 Å². The highest BCUT2D eigenvalue weighted by Crippen LogP contribution is 2.27. The van der Waals surface area contributed by atoms with Gasteiger partial charge in [0, 0.05) is 4.47 Å². The molecule has 2 aromatic rings. The second-order valence-corrected chi connectivity index (χ2v) is 6.37. The van der Waals surface area contributed by atoms with Crippen molar-refractivity contribution in [3.05, 3.63) is 49.0 Å². The molecule has 0 saturated heterocycles. The lowest BCUT2D eigenvalue weighted by Gasteiger charge is -2.07. The van der Waals surface area contributed by atoms with Crippen molar-refractivity contribution in [3.8, 4) is 5.75 Å². The van der Waals surface area contributed by atoms with E-state index in [9.17, 15) is 4.79 Å². The monoisotopic (exact) mass is 388 g/mol. The SMILES string of the molecule is Cc1ccc(OCC(=O)c2sccc2Br)c(Br)c1. The van der Waals surface area contributed by atoms with Crippen LogP contribution in [0.2, 0.25) is 0 Å². The fraction of sp³-hybridized carbons (Fsp3) is 0.154. The maximum atomic E-state index is 11.9. The number of ketones is 1. The van der Waals surface area contributed by atoms with Crippen LogP contribution in [0.4, 0.5) is 0 Å². The van der Waals surface area contributed by atoms with Crippen LogP contribution in [0, 0.1) is 6.92 Å². The molecule has 0 radical (unpaired) electrons. The van der Waals surface area contributed by atoms with E-state index in [4.69, 9.17) is 4.74 Å². The summed E-state index contributed by atoms with van der Waals surface area (Å²) in [6, 6.07) is 7.63. The van der Waals surface area contributed by atoms with Crippen LogP contribution in [0.1, 0.15) is 15.2 Å². The molecular formula is C13H10Br2O2S. The fourth-order valence-corrected chi connectivity index (χ4v) is 3.55. The maximum absolute atomic E-state index is 11.9. The first kappa shape index (κ1) is 13.8. The molecule has 2 nitrogen and oxygen atoms in total. The summed E-state index contributed by atoms with van der Waals surface area (Å²) < 4.78 is 7.21. The second-order valence-electron chi connectivity index (χ2n) is 3.74. The molecule has 1 heterocycles. The lowest BCUT2D eigenvalue weighted by atomic mass is 10.2. The summed E-state index contributed by atoms with van der Waals surface area (Å²) in [4.78, 5) is 12.6. The molecule has 18 heavy (non-hydrogen) atoms. The molecule has 0 aliphatic carbocycles.